The van der Waals surface area contributed by atoms with Crippen LogP contribution in [-0.2, 0) is 11.3 Å². The number of benzene rings is 1. The maximum atomic E-state index is 13.0. The molecule has 1 fully saturated rings. The molecular weight excluding hydrogens is 229 g/mol. The minimum Gasteiger partial charge on any atom is -0.374 e. The van der Waals surface area contributed by atoms with E-state index >= 15 is 0 Å². The molecule has 18 heavy (non-hydrogen) atoms. The summed E-state index contributed by atoms with van der Waals surface area (Å²) in [6.45, 7) is 3.71. The van der Waals surface area contributed by atoms with Crippen molar-refractivity contribution in [1.29, 1.82) is 0 Å². The zero-order chi connectivity index (χ0) is 12.8. The molecule has 1 aromatic carbocycles. The fourth-order valence-electron chi connectivity index (χ4n) is 2.56. The lowest BCUT2D eigenvalue weighted by atomic mass is 9.93. The molecule has 1 aromatic rings. The summed E-state index contributed by atoms with van der Waals surface area (Å²) in [6, 6.07) is 7.31. The van der Waals surface area contributed by atoms with Crippen molar-refractivity contribution in [1.82, 2.24) is 5.32 Å². The molecule has 0 spiro atoms. The molecule has 0 amide bonds. The van der Waals surface area contributed by atoms with E-state index in [4.69, 9.17) is 4.74 Å². The molecule has 0 aromatic heterocycles. The van der Waals surface area contributed by atoms with E-state index in [2.05, 4.69) is 12.2 Å². The van der Waals surface area contributed by atoms with Crippen LogP contribution in [0.15, 0.2) is 24.3 Å². The Hall–Kier alpha value is -0.930. The first-order valence-corrected chi connectivity index (χ1v) is 6.87. The lowest BCUT2D eigenvalue weighted by Gasteiger charge is -2.29. The second-order valence-corrected chi connectivity index (χ2v) is 4.97. The Bertz CT molecular complexity index is 361. The molecule has 100 valence electrons. The quantitative estimate of drug-likeness (QED) is 0.867. The third kappa shape index (κ3) is 4.07. The molecule has 0 saturated heterocycles. The van der Waals surface area contributed by atoms with Gasteiger partial charge in [0, 0.05) is 6.04 Å². The largest absolute Gasteiger partial charge is 0.374 e. The highest BCUT2D eigenvalue weighted by Gasteiger charge is 2.20. The molecule has 2 nitrogen and oxygen atoms in total. The van der Waals surface area contributed by atoms with Crippen molar-refractivity contribution in [3.8, 4) is 0 Å². The molecule has 0 heterocycles. The van der Waals surface area contributed by atoms with Crippen LogP contribution in [0, 0.1) is 5.82 Å². The molecule has 1 N–H and O–H groups in total. The fraction of sp³-hybridized carbons (Fsp3) is 0.600. The Balaban J connectivity index is 1.72. The Morgan fingerprint density at radius 3 is 2.72 bits per heavy atom. The maximum Gasteiger partial charge on any atom is 0.123 e. The van der Waals surface area contributed by atoms with Gasteiger partial charge >= 0.3 is 0 Å². The van der Waals surface area contributed by atoms with Crippen LogP contribution in [-0.4, -0.2) is 18.7 Å². The fourth-order valence-corrected chi connectivity index (χ4v) is 2.56. The standard InChI is InChI=1S/C15H22FNO/c1-2-17-14-6-8-15(9-7-14)18-11-12-4-3-5-13(16)10-12/h3-5,10,14-15,17H,2,6-9,11H2,1H3. The van der Waals surface area contributed by atoms with Crippen LogP contribution in [0.4, 0.5) is 4.39 Å². The van der Waals surface area contributed by atoms with Crippen LogP contribution < -0.4 is 5.32 Å². The zero-order valence-corrected chi connectivity index (χ0v) is 11.0. The zero-order valence-electron chi connectivity index (χ0n) is 11.0. The second-order valence-electron chi connectivity index (χ2n) is 4.97. The highest BCUT2D eigenvalue weighted by molar-refractivity contribution is 5.15. The SMILES string of the molecule is CCNC1CCC(OCc2cccc(F)c2)CC1. The Labute approximate surface area is 109 Å². The van der Waals surface area contributed by atoms with Crippen molar-refractivity contribution in [3.05, 3.63) is 35.6 Å². The van der Waals surface area contributed by atoms with Crippen molar-refractivity contribution in [2.45, 2.75) is 51.4 Å². The topological polar surface area (TPSA) is 21.3 Å². The summed E-state index contributed by atoms with van der Waals surface area (Å²) in [7, 11) is 0. The van der Waals surface area contributed by atoms with Gasteiger partial charge in [0.1, 0.15) is 5.82 Å². The molecular formula is C15H22FNO. The van der Waals surface area contributed by atoms with Gasteiger partial charge in [0.15, 0.2) is 0 Å². The van der Waals surface area contributed by atoms with Crippen LogP contribution in [0.1, 0.15) is 38.2 Å². The van der Waals surface area contributed by atoms with Gasteiger partial charge in [0.2, 0.25) is 0 Å². The molecule has 1 aliphatic carbocycles. The predicted octanol–water partition coefficient (Wildman–Crippen LogP) is 3.26. The van der Waals surface area contributed by atoms with Crippen LogP contribution in [0.3, 0.4) is 0 Å². The average Bonchev–Trinajstić information content (AvgIpc) is 2.38. The molecule has 1 saturated carbocycles. The molecule has 0 bridgehead atoms. The number of hydrogen-bond donors (Lipinski definition) is 1. The van der Waals surface area contributed by atoms with Crippen LogP contribution in [0.25, 0.3) is 0 Å². The van der Waals surface area contributed by atoms with Crippen molar-refractivity contribution in [2.24, 2.45) is 0 Å². The normalized spacial score (nSPS) is 24.1. The first-order chi connectivity index (χ1) is 8.78. The van der Waals surface area contributed by atoms with E-state index in [1.807, 2.05) is 6.07 Å². The van der Waals surface area contributed by atoms with Crippen LogP contribution in [0.5, 0.6) is 0 Å². The van der Waals surface area contributed by atoms with Crippen molar-refractivity contribution >= 4 is 0 Å². The minimum atomic E-state index is -0.188. The number of nitrogens with one attached hydrogen (secondary N) is 1. The van der Waals surface area contributed by atoms with E-state index < -0.39 is 0 Å². The molecule has 0 atom stereocenters. The van der Waals surface area contributed by atoms with Gasteiger partial charge in [0.25, 0.3) is 0 Å². The second kappa shape index (κ2) is 6.86. The summed E-state index contributed by atoms with van der Waals surface area (Å²) in [4.78, 5) is 0. The monoisotopic (exact) mass is 251 g/mol. The molecule has 1 aliphatic rings. The van der Waals surface area contributed by atoms with Gasteiger partial charge in [-0.25, -0.2) is 4.39 Å². The maximum absolute atomic E-state index is 13.0. The van der Waals surface area contributed by atoms with Gasteiger partial charge < -0.3 is 10.1 Å². The van der Waals surface area contributed by atoms with Crippen molar-refractivity contribution in [3.63, 3.8) is 0 Å². The first kappa shape index (κ1) is 13.5. The Kier molecular flexibility index (Phi) is 5.14. The van der Waals surface area contributed by atoms with E-state index in [-0.39, 0.29) is 5.82 Å². The summed E-state index contributed by atoms with van der Waals surface area (Å²) in [6.07, 6.45) is 4.91. The van der Waals surface area contributed by atoms with Gasteiger partial charge in [0.05, 0.1) is 12.7 Å². The highest BCUT2D eigenvalue weighted by Crippen LogP contribution is 2.22. The van der Waals surface area contributed by atoms with E-state index in [1.165, 1.54) is 18.9 Å². The van der Waals surface area contributed by atoms with Crippen LogP contribution >= 0.6 is 0 Å². The summed E-state index contributed by atoms with van der Waals surface area (Å²) in [5.41, 5.74) is 0.920. The number of halogens is 1. The predicted molar refractivity (Wildman–Crippen MR) is 70.9 cm³/mol. The molecule has 3 heteroatoms. The van der Waals surface area contributed by atoms with Gasteiger partial charge in [-0.05, 0) is 49.9 Å². The van der Waals surface area contributed by atoms with Crippen LogP contribution in [0.2, 0.25) is 0 Å². The minimum absolute atomic E-state index is 0.188. The molecule has 0 aliphatic heterocycles. The summed E-state index contributed by atoms with van der Waals surface area (Å²) in [5.74, 6) is -0.188. The smallest absolute Gasteiger partial charge is 0.123 e. The van der Waals surface area contributed by atoms with E-state index in [0.29, 0.717) is 18.8 Å². The van der Waals surface area contributed by atoms with Crippen molar-refractivity contribution < 1.29 is 9.13 Å². The van der Waals surface area contributed by atoms with E-state index in [9.17, 15) is 4.39 Å². The average molecular weight is 251 g/mol. The number of ether oxygens (including phenoxy) is 1. The van der Waals surface area contributed by atoms with Gasteiger partial charge in [-0.2, -0.15) is 0 Å². The van der Waals surface area contributed by atoms with Gasteiger partial charge in [-0.3, -0.25) is 0 Å². The Morgan fingerprint density at radius 2 is 2.06 bits per heavy atom. The third-order valence-electron chi connectivity index (χ3n) is 3.54. The highest BCUT2D eigenvalue weighted by atomic mass is 19.1. The third-order valence-corrected chi connectivity index (χ3v) is 3.54. The number of rotatable bonds is 5. The number of hydrogen-bond acceptors (Lipinski definition) is 2. The lowest BCUT2D eigenvalue weighted by molar-refractivity contribution is 0.0114. The summed E-state index contributed by atoms with van der Waals surface area (Å²) < 4.78 is 18.9. The van der Waals surface area contributed by atoms with Gasteiger partial charge in [-0.15, -0.1) is 0 Å². The van der Waals surface area contributed by atoms with E-state index in [1.54, 1.807) is 12.1 Å². The Morgan fingerprint density at radius 1 is 1.28 bits per heavy atom. The summed E-state index contributed by atoms with van der Waals surface area (Å²) in [5, 5.41) is 3.48. The van der Waals surface area contributed by atoms with Gasteiger partial charge in [-0.1, -0.05) is 19.1 Å². The molecule has 0 radical (unpaired) electrons. The molecule has 0 unspecified atom stereocenters. The van der Waals surface area contributed by atoms with E-state index in [0.717, 1.165) is 24.9 Å². The van der Waals surface area contributed by atoms with Crippen molar-refractivity contribution in [2.75, 3.05) is 6.54 Å². The first-order valence-electron chi connectivity index (χ1n) is 6.87. The summed E-state index contributed by atoms with van der Waals surface area (Å²) >= 11 is 0. The lowest BCUT2D eigenvalue weighted by Crippen LogP contribution is -2.35. The molecule has 2 rings (SSSR count).